The van der Waals surface area contributed by atoms with Crippen LogP contribution in [-0.4, -0.2) is 54.6 Å². The number of halogens is 1. The highest BCUT2D eigenvalue weighted by Gasteiger charge is 2.29. The van der Waals surface area contributed by atoms with Gasteiger partial charge < -0.3 is 4.90 Å². The molecule has 0 atom stereocenters. The van der Waals surface area contributed by atoms with E-state index in [1.54, 1.807) is 29.2 Å². The molecule has 3 rings (SSSR count). The lowest BCUT2D eigenvalue weighted by molar-refractivity contribution is -0.384. The van der Waals surface area contributed by atoms with Crippen LogP contribution in [0.3, 0.4) is 0 Å². The second kappa shape index (κ2) is 8.26. The van der Waals surface area contributed by atoms with Crippen molar-refractivity contribution in [3.05, 3.63) is 74.8 Å². The molecule has 0 saturated carbocycles. The molecule has 8 nitrogen and oxygen atoms in total. The lowest BCUT2D eigenvalue weighted by atomic mass is 10.2. The molecule has 0 N–H and O–H groups in total. The van der Waals surface area contributed by atoms with E-state index in [1.807, 2.05) is 0 Å². The van der Waals surface area contributed by atoms with Crippen molar-refractivity contribution >= 4 is 33.2 Å². The quantitative estimate of drug-likeness (QED) is 0.543. The number of nitro groups is 1. The minimum Gasteiger partial charge on any atom is -0.336 e. The molecule has 2 aromatic carbocycles. The highest BCUT2D eigenvalue weighted by atomic mass is 35.5. The Kier molecular flexibility index (Phi) is 5.97. The van der Waals surface area contributed by atoms with E-state index in [4.69, 9.17) is 11.6 Å². The molecule has 28 heavy (non-hydrogen) atoms. The van der Waals surface area contributed by atoms with Gasteiger partial charge in [-0.15, -0.1) is 0 Å². The summed E-state index contributed by atoms with van der Waals surface area (Å²) in [6.45, 7) is 0.957. The molecule has 0 bridgehead atoms. The lowest BCUT2D eigenvalue weighted by Crippen LogP contribution is -2.50. The second-order valence-electron chi connectivity index (χ2n) is 6.38. The molecule has 148 valence electrons. The topological polar surface area (TPSA) is 101 Å². The van der Waals surface area contributed by atoms with Crippen molar-refractivity contribution in [3.63, 3.8) is 0 Å². The molecule has 1 aliphatic heterocycles. The van der Waals surface area contributed by atoms with E-state index in [9.17, 15) is 23.3 Å². The summed E-state index contributed by atoms with van der Waals surface area (Å²) < 4.78 is 26.6. The molecular weight excluding hydrogens is 406 g/mol. The largest absolute Gasteiger partial charge is 0.336 e. The maximum atomic E-state index is 12.6. The first-order valence-corrected chi connectivity index (χ1v) is 10.5. The Morgan fingerprint density at radius 1 is 1.07 bits per heavy atom. The van der Waals surface area contributed by atoms with Gasteiger partial charge in [-0.05, 0) is 23.8 Å². The zero-order valence-electron chi connectivity index (χ0n) is 14.8. The molecule has 1 amide bonds. The van der Waals surface area contributed by atoms with Crippen molar-refractivity contribution < 1.29 is 18.1 Å². The summed E-state index contributed by atoms with van der Waals surface area (Å²) in [4.78, 5) is 24.3. The van der Waals surface area contributed by atoms with Crippen molar-refractivity contribution in [1.29, 1.82) is 0 Å². The third kappa shape index (κ3) is 4.67. The number of nitrogens with zero attached hydrogens (tertiary/aromatic N) is 3. The molecule has 0 unspecified atom stereocenters. The maximum Gasteiger partial charge on any atom is 0.269 e. The minimum absolute atomic E-state index is 0.0886. The molecule has 1 heterocycles. The van der Waals surface area contributed by atoms with Gasteiger partial charge in [-0.25, -0.2) is 8.42 Å². The van der Waals surface area contributed by atoms with E-state index >= 15 is 0 Å². The van der Waals surface area contributed by atoms with Gasteiger partial charge in [0.1, 0.15) is 0 Å². The van der Waals surface area contributed by atoms with Crippen LogP contribution in [0, 0.1) is 10.1 Å². The number of amides is 1. The summed E-state index contributed by atoms with van der Waals surface area (Å²) in [5, 5.41) is 11.2. The van der Waals surface area contributed by atoms with Crippen LogP contribution in [0.2, 0.25) is 5.02 Å². The minimum atomic E-state index is -3.59. The third-order valence-electron chi connectivity index (χ3n) is 4.49. The van der Waals surface area contributed by atoms with E-state index in [0.29, 0.717) is 16.1 Å². The van der Waals surface area contributed by atoms with E-state index in [1.165, 1.54) is 28.6 Å². The summed E-state index contributed by atoms with van der Waals surface area (Å²) in [5.74, 6) is -0.428. The van der Waals surface area contributed by atoms with E-state index in [-0.39, 0.29) is 43.5 Å². The molecule has 2 aromatic rings. The Labute approximate surface area is 167 Å². The fourth-order valence-electron chi connectivity index (χ4n) is 2.99. The highest BCUT2D eigenvalue weighted by molar-refractivity contribution is 7.88. The fourth-order valence-corrected chi connectivity index (χ4v) is 4.70. The Balaban J connectivity index is 1.61. The molecule has 0 radical (unpaired) electrons. The van der Waals surface area contributed by atoms with E-state index in [0.717, 1.165) is 0 Å². The van der Waals surface area contributed by atoms with E-state index in [2.05, 4.69) is 0 Å². The van der Waals surface area contributed by atoms with Gasteiger partial charge in [0, 0.05) is 48.9 Å². The average molecular weight is 424 g/mol. The van der Waals surface area contributed by atoms with Crippen molar-refractivity contribution in [1.82, 2.24) is 9.21 Å². The Morgan fingerprint density at radius 2 is 1.71 bits per heavy atom. The van der Waals surface area contributed by atoms with Gasteiger partial charge in [-0.3, -0.25) is 14.9 Å². The van der Waals surface area contributed by atoms with Crippen molar-refractivity contribution in [2.24, 2.45) is 0 Å². The van der Waals surface area contributed by atoms with Crippen LogP contribution in [0.4, 0.5) is 5.69 Å². The average Bonchev–Trinajstić information content (AvgIpc) is 2.67. The SMILES string of the molecule is O=C(c1cccc(Cl)c1)N1CCN(S(=O)(=O)Cc2ccc([N+](=O)[O-])cc2)CC1. The number of hydrogen-bond acceptors (Lipinski definition) is 5. The van der Waals surface area contributed by atoms with E-state index < -0.39 is 14.9 Å². The smallest absolute Gasteiger partial charge is 0.269 e. The summed E-state index contributed by atoms with van der Waals surface area (Å²) in [5.41, 5.74) is 0.854. The number of carbonyl (C=O) groups excluding carboxylic acids is 1. The summed E-state index contributed by atoms with van der Waals surface area (Å²) in [7, 11) is -3.59. The van der Waals surface area contributed by atoms with Gasteiger partial charge in [-0.2, -0.15) is 4.31 Å². The molecule has 10 heteroatoms. The predicted octanol–water partition coefficient (Wildman–Crippen LogP) is 2.54. The standard InChI is InChI=1S/C18H18ClN3O5S/c19-16-3-1-2-15(12-16)18(23)20-8-10-21(11-9-20)28(26,27)13-14-4-6-17(7-5-14)22(24)25/h1-7,12H,8-11,13H2. The van der Waals surface area contributed by atoms with Crippen LogP contribution in [0.25, 0.3) is 0 Å². The number of sulfonamides is 1. The number of piperazine rings is 1. The van der Waals surface area contributed by atoms with Gasteiger partial charge >= 0.3 is 0 Å². The number of benzene rings is 2. The molecule has 1 saturated heterocycles. The molecule has 1 fully saturated rings. The Bertz CT molecular complexity index is 987. The normalized spacial score (nSPS) is 15.4. The van der Waals surface area contributed by atoms with Crippen molar-refractivity contribution in [2.45, 2.75) is 5.75 Å². The number of non-ortho nitro benzene ring substituents is 1. The zero-order chi connectivity index (χ0) is 20.3. The zero-order valence-corrected chi connectivity index (χ0v) is 16.4. The first-order chi connectivity index (χ1) is 13.3. The van der Waals surface area contributed by atoms with Crippen LogP contribution in [0.5, 0.6) is 0 Å². The lowest BCUT2D eigenvalue weighted by Gasteiger charge is -2.34. The number of carbonyl (C=O) groups is 1. The number of hydrogen-bond donors (Lipinski definition) is 0. The van der Waals surface area contributed by atoms with Gasteiger partial charge in [-0.1, -0.05) is 29.8 Å². The van der Waals surface area contributed by atoms with Crippen LogP contribution in [0.1, 0.15) is 15.9 Å². The number of rotatable bonds is 5. The molecule has 0 aromatic heterocycles. The summed E-state index contributed by atoms with van der Waals surface area (Å²) in [6.07, 6.45) is 0. The van der Waals surface area contributed by atoms with Crippen molar-refractivity contribution in [2.75, 3.05) is 26.2 Å². The second-order valence-corrected chi connectivity index (χ2v) is 8.79. The van der Waals surface area contributed by atoms with Crippen LogP contribution in [-0.2, 0) is 15.8 Å². The predicted molar refractivity (Wildman–Crippen MR) is 105 cm³/mol. The van der Waals surface area contributed by atoms with Gasteiger partial charge in [0.25, 0.3) is 11.6 Å². The van der Waals surface area contributed by atoms with Gasteiger partial charge in [0.05, 0.1) is 10.7 Å². The van der Waals surface area contributed by atoms with Gasteiger partial charge in [0.2, 0.25) is 10.0 Å². The molecular formula is C18H18ClN3O5S. The maximum absolute atomic E-state index is 12.6. The molecule has 1 aliphatic rings. The van der Waals surface area contributed by atoms with Crippen LogP contribution < -0.4 is 0 Å². The summed E-state index contributed by atoms with van der Waals surface area (Å²) in [6, 6.07) is 12.1. The first kappa shape index (κ1) is 20.2. The van der Waals surface area contributed by atoms with Crippen LogP contribution >= 0.6 is 11.6 Å². The fraction of sp³-hybridized carbons (Fsp3) is 0.278. The number of nitro benzene ring substituents is 1. The Hall–Kier alpha value is -2.49. The third-order valence-corrected chi connectivity index (χ3v) is 6.57. The first-order valence-electron chi connectivity index (χ1n) is 8.52. The van der Waals surface area contributed by atoms with Crippen LogP contribution in [0.15, 0.2) is 48.5 Å². The molecule has 0 aliphatic carbocycles. The van der Waals surface area contributed by atoms with Crippen molar-refractivity contribution in [3.8, 4) is 0 Å². The highest BCUT2D eigenvalue weighted by Crippen LogP contribution is 2.19. The Morgan fingerprint density at radius 3 is 2.29 bits per heavy atom. The summed E-state index contributed by atoms with van der Waals surface area (Å²) >= 11 is 5.92. The monoisotopic (exact) mass is 423 g/mol. The van der Waals surface area contributed by atoms with Gasteiger partial charge in [0.15, 0.2) is 0 Å². The molecule has 0 spiro atoms.